The van der Waals surface area contributed by atoms with E-state index >= 15 is 0 Å². The van der Waals surface area contributed by atoms with Crippen molar-refractivity contribution in [2.75, 3.05) is 0 Å². The van der Waals surface area contributed by atoms with Crippen molar-refractivity contribution in [1.82, 2.24) is 5.32 Å². The van der Waals surface area contributed by atoms with E-state index in [2.05, 4.69) is 5.32 Å². The number of amides is 1. The molecule has 0 saturated carbocycles. The Balaban J connectivity index is 2.64. The molecule has 96 valence electrons. The van der Waals surface area contributed by atoms with Crippen molar-refractivity contribution in [2.24, 2.45) is 0 Å². The number of rotatable bonds is 6. The monoisotopic (exact) mass is 249 g/mol. The molecule has 2 N–H and O–H groups in total. The second-order valence-corrected chi connectivity index (χ2v) is 4.03. The van der Waals surface area contributed by atoms with Crippen LogP contribution in [0.2, 0.25) is 0 Å². The molecule has 18 heavy (non-hydrogen) atoms. The Morgan fingerprint density at radius 3 is 2.33 bits per heavy atom. The Hall–Kier alpha value is -2.17. The van der Waals surface area contributed by atoms with Gasteiger partial charge in [-0.15, -0.1) is 0 Å². The van der Waals surface area contributed by atoms with Crippen LogP contribution in [0.25, 0.3) is 0 Å². The molecule has 5 nitrogen and oxygen atoms in total. The summed E-state index contributed by atoms with van der Waals surface area (Å²) in [6, 6.07) is 7.98. The SMILES string of the molecule is CC(=O)CC(=O)N[C@@H](Cc1ccccc1)C(=O)O. The zero-order valence-corrected chi connectivity index (χ0v) is 10.1. The molecule has 0 radical (unpaired) electrons. The highest BCUT2D eigenvalue weighted by Gasteiger charge is 2.20. The molecule has 0 aliphatic carbocycles. The Labute approximate surface area is 105 Å². The van der Waals surface area contributed by atoms with Gasteiger partial charge in [0.25, 0.3) is 0 Å². The van der Waals surface area contributed by atoms with Gasteiger partial charge in [0, 0.05) is 6.42 Å². The van der Waals surface area contributed by atoms with Crippen LogP contribution in [0.15, 0.2) is 30.3 Å². The molecule has 0 bridgehead atoms. The van der Waals surface area contributed by atoms with E-state index in [0.29, 0.717) is 0 Å². The maximum atomic E-state index is 11.4. The summed E-state index contributed by atoms with van der Waals surface area (Å²) < 4.78 is 0. The number of ketones is 1. The van der Waals surface area contributed by atoms with Gasteiger partial charge in [-0.25, -0.2) is 4.79 Å². The molecule has 1 aromatic rings. The second kappa shape index (κ2) is 6.54. The molecule has 0 spiro atoms. The number of carbonyl (C=O) groups excluding carboxylic acids is 2. The first-order chi connectivity index (χ1) is 8.49. The first-order valence-corrected chi connectivity index (χ1v) is 5.54. The molecular weight excluding hydrogens is 234 g/mol. The minimum Gasteiger partial charge on any atom is -0.480 e. The van der Waals surface area contributed by atoms with E-state index in [1.807, 2.05) is 6.07 Å². The summed E-state index contributed by atoms with van der Waals surface area (Å²) in [4.78, 5) is 33.1. The van der Waals surface area contributed by atoms with E-state index in [1.54, 1.807) is 24.3 Å². The molecule has 1 rings (SSSR count). The topological polar surface area (TPSA) is 83.5 Å². The molecule has 0 aliphatic rings. The van der Waals surface area contributed by atoms with E-state index in [1.165, 1.54) is 6.92 Å². The van der Waals surface area contributed by atoms with E-state index in [-0.39, 0.29) is 18.6 Å². The highest BCUT2D eigenvalue weighted by molar-refractivity contribution is 5.98. The number of benzene rings is 1. The molecule has 0 heterocycles. The number of aliphatic carboxylic acids is 1. The maximum absolute atomic E-state index is 11.4. The number of carboxylic acid groups (broad SMARTS) is 1. The molecule has 0 aromatic heterocycles. The fourth-order valence-corrected chi connectivity index (χ4v) is 1.52. The van der Waals surface area contributed by atoms with Gasteiger partial charge in [0.05, 0.1) is 6.42 Å². The van der Waals surface area contributed by atoms with Crippen LogP contribution in [0.1, 0.15) is 18.9 Å². The van der Waals surface area contributed by atoms with Crippen LogP contribution in [0.4, 0.5) is 0 Å². The number of nitrogens with one attached hydrogen (secondary N) is 1. The number of hydrogen-bond donors (Lipinski definition) is 2. The average molecular weight is 249 g/mol. The highest BCUT2D eigenvalue weighted by atomic mass is 16.4. The van der Waals surface area contributed by atoms with Crippen LogP contribution >= 0.6 is 0 Å². The number of carbonyl (C=O) groups is 3. The summed E-state index contributed by atoms with van der Waals surface area (Å²) in [5.74, 6) is -1.97. The number of carboxylic acids is 1. The summed E-state index contributed by atoms with van der Waals surface area (Å²) in [6.45, 7) is 1.28. The third-order valence-electron chi connectivity index (χ3n) is 2.33. The molecule has 0 aliphatic heterocycles. The van der Waals surface area contributed by atoms with Crippen molar-refractivity contribution < 1.29 is 19.5 Å². The molecule has 0 unspecified atom stereocenters. The summed E-state index contributed by atoms with van der Waals surface area (Å²) >= 11 is 0. The molecular formula is C13H15NO4. The summed E-state index contributed by atoms with van der Waals surface area (Å²) in [7, 11) is 0. The molecule has 1 atom stereocenters. The van der Waals surface area contributed by atoms with Gasteiger partial charge >= 0.3 is 5.97 Å². The Morgan fingerprint density at radius 2 is 1.83 bits per heavy atom. The summed E-state index contributed by atoms with van der Waals surface area (Å²) in [5, 5.41) is 11.4. The summed E-state index contributed by atoms with van der Waals surface area (Å²) in [5.41, 5.74) is 0.813. The zero-order valence-electron chi connectivity index (χ0n) is 10.1. The maximum Gasteiger partial charge on any atom is 0.326 e. The Bertz CT molecular complexity index is 442. The molecule has 5 heteroatoms. The number of Topliss-reactive ketones (excluding diaryl/α,β-unsaturated/α-hetero) is 1. The van der Waals surface area contributed by atoms with Gasteiger partial charge in [0.15, 0.2) is 0 Å². The normalized spacial score (nSPS) is 11.6. The third-order valence-corrected chi connectivity index (χ3v) is 2.33. The van der Waals surface area contributed by atoms with Gasteiger partial charge in [0.1, 0.15) is 11.8 Å². The standard InChI is InChI=1S/C13H15NO4/c1-9(15)7-12(16)14-11(13(17)18)8-10-5-3-2-4-6-10/h2-6,11H,7-8H2,1H3,(H,14,16)(H,17,18)/t11-/m0/s1. The fourth-order valence-electron chi connectivity index (χ4n) is 1.52. The summed E-state index contributed by atoms with van der Waals surface area (Å²) in [6.07, 6.45) is -0.0988. The van der Waals surface area contributed by atoms with Crippen LogP contribution in [0.5, 0.6) is 0 Å². The van der Waals surface area contributed by atoms with Crippen LogP contribution in [-0.2, 0) is 20.8 Å². The smallest absolute Gasteiger partial charge is 0.326 e. The van der Waals surface area contributed by atoms with Gasteiger partial charge in [-0.3, -0.25) is 9.59 Å². The third kappa shape index (κ3) is 4.78. The molecule has 0 saturated heterocycles. The largest absolute Gasteiger partial charge is 0.480 e. The molecule has 1 amide bonds. The van der Waals surface area contributed by atoms with Crippen LogP contribution in [0, 0.1) is 0 Å². The van der Waals surface area contributed by atoms with E-state index in [0.717, 1.165) is 5.56 Å². The van der Waals surface area contributed by atoms with Gasteiger partial charge in [0.2, 0.25) is 5.91 Å². The lowest BCUT2D eigenvalue weighted by molar-refractivity contribution is -0.142. The molecule has 1 aromatic carbocycles. The minimum atomic E-state index is -1.12. The van der Waals surface area contributed by atoms with Crippen molar-refractivity contribution in [2.45, 2.75) is 25.8 Å². The van der Waals surface area contributed by atoms with E-state index in [4.69, 9.17) is 5.11 Å². The number of hydrogen-bond acceptors (Lipinski definition) is 3. The van der Waals surface area contributed by atoms with E-state index in [9.17, 15) is 14.4 Å². The van der Waals surface area contributed by atoms with Crippen molar-refractivity contribution in [3.63, 3.8) is 0 Å². The quantitative estimate of drug-likeness (QED) is 0.730. The zero-order chi connectivity index (χ0) is 13.5. The Kier molecular flexibility index (Phi) is 5.05. The lowest BCUT2D eigenvalue weighted by atomic mass is 10.1. The average Bonchev–Trinajstić information content (AvgIpc) is 2.28. The van der Waals surface area contributed by atoms with Gasteiger partial charge in [-0.05, 0) is 12.5 Å². The lowest BCUT2D eigenvalue weighted by Gasteiger charge is -2.14. The van der Waals surface area contributed by atoms with E-state index < -0.39 is 17.9 Å². The predicted octanol–water partition coefficient (Wildman–Crippen LogP) is 0.778. The van der Waals surface area contributed by atoms with Crippen molar-refractivity contribution in [3.05, 3.63) is 35.9 Å². The second-order valence-electron chi connectivity index (χ2n) is 4.03. The molecule has 0 fully saturated rings. The van der Waals surface area contributed by atoms with Crippen LogP contribution in [0.3, 0.4) is 0 Å². The first-order valence-electron chi connectivity index (χ1n) is 5.54. The van der Waals surface area contributed by atoms with Gasteiger partial charge in [-0.1, -0.05) is 30.3 Å². The highest BCUT2D eigenvalue weighted by Crippen LogP contribution is 2.03. The first kappa shape index (κ1) is 13.9. The van der Waals surface area contributed by atoms with Gasteiger partial charge in [-0.2, -0.15) is 0 Å². The van der Waals surface area contributed by atoms with Crippen molar-refractivity contribution in [1.29, 1.82) is 0 Å². The minimum absolute atomic E-state index is 0.194. The van der Waals surface area contributed by atoms with Crippen molar-refractivity contribution in [3.8, 4) is 0 Å². The Morgan fingerprint density at radius 1 is 1.22 bits per heavy atom. The fraction of sp³-hybridized carbons (Fsp3) is 0.308. The van der Waals surface area contributed by atoms with Crippen LogP contribution < -0.4 is 5.32 Å². The van der Waals surface area contributed by atoms with Crippen LogP contribution in [-0.4, -0.2) is 28.8 Å². The predicted molar refractivity (Wildman–Crippen MR) is 65.0 cm³/mol. The lowest BCUT2D eigenvalue weighted by Crippen LogP contribution is -2.42. The van der Waals surface area contributed by atoms with Crippen molar-refractivity contribution >= 4 is 17.7 Å². The van der Waals surface area contributed by atoms with Gasteiger partial charge < -0.3 is 10.4 Å².